The van der Waals surface area contributed by atoms with E-state index in [0.717, 1.165) is 42.6 Å². The number of aliphatic imine (C=N–C) groups is 1. The molecule has 0 aliphatic rings. The van der Waals surface area contributed by atoms with E-state index in [1.165, 1.54) is 4.88 Å². The summed E-state index contributed by atoms with van der Waals surface area (Å²) in [5.74, 6) is 2.73. The van der Waals surface area contributed by atoms with E-state index in [-0.39, 0.29) is 0 Å². The number of benzene rings is 1. The lowest BCUT2D eigenvalue weighted by Gasteiger charge is -2.23. The Morgan fingerprint density at radius 1 is 1.28 bits per heavy atom. The highest BCUT2D eigenvalue weighted by Crippen LogP contribution is 2.19. The molecule has 0 aliphatic carbocycles. The van der Waals surface area contributed by atoms with E-state index < -0.39 is 0 Å². The number of hydrogen-bond donors (Lipinski definition) is 1. The summed E-state index contributed by atoms with van der Waals surface area (Å²) in [6, 6.07) is 12.2. The third-order valence-corrected chi connectivity index (χ3v) is 5.44. The Hall–Kier alpha value is -2.87. The van der Waals surface area contributed by atoms with Crippen molar-refractivity contribution in [2.24, 2.45) is 4.99 Å². The van der Waals surface area contributed by atoms with Crippen LogP contribution in [0.25, 0.3) is 0 Å². The molecule has 0 amide bonds. The molecule has 0 saturated heterocycles. The lowest BCUT2D eigenvalue weighted by atomic mass is 10.2. The van der Waals surface area contributed by atoms with Gasteiger partial charge in [-0.25, -0.2) is 4.99 Å². The van der Waals surface area contributed by atoms with Gasteiger partial charge in [0.1, 0.15) is 17.9 Å². The van der Waals surface area contributed by atoms with Crippen LogP contribution in [0.15, 0.2) is 53.1 Å². The third kappa shape index (κ3) is 5.80. The monoisotopic (exact) mass is 412 g/mol. The molecular weight excluding hydrogens is 384 g/mol. The van der Waals surface area contributed by atoms with Gasteiger partial charge in [0.15, 0.2) is 5.96 Å². The molecule has 0 radical (unpaired) electrons. The van der Waals surface area contributed by atoms with Gasteiger partial charge in [0.25, 0.3) is 0 Å². The number of ether oxygens (including phenoxy) is 1. The molecule has 154 valence electrons. The zero-order valence-electron chi connectivity index (χ0n) is 17.2. The predicted molar refractivity (Wildman–Crippen MR) is 117 cm³/mol. The van der Waals surface area contributed by atoms with Crippen molar-refractivity contribution in [1.82, 2.24) is 25.0 Å². The molecule has 3 rings (SSSR count). The van der Waals surface area contributed by atoms with Crippen LogP contribution in [0.3, 0.4) is 0 Å². The number of methoxy groups -OCH3 is 1. The number of thiophene rings is 1. The second-order valence-electron chi connectivity index (χ2n) is 6.61. The Kier molecular flexibility index (Phi) is 7.63. The molecule has 8 heteroatoms. The van der Waals surface area contributed by atoms with Crippen LogP contribution >= 0.6 is 11.3 Å². The molecule has 0 spiro atoms. The van der Waals surface area contributed by atoms with Crippen molar-refractivity contribution in [1.29, 1.82) is 0 Å². The number of hydrogen-bond acceptors (Lipinski definition) is 5. The Bertz CT molecular complexity index is 906. The highest BCUT2D eigenvalue weighted by Gasteiger charge is 2.11. The lowest BCUT2D eigenvalue weighted by Crippen LogP contribution is -2.40. The Morgan fingerprint density at radius 2 is 2.14 bits per heavy atom. The Balaban J connectivity index is 1.68. The minimum Gasteiger partial charge on any atom is -0.496 e. The first kappa shape index (κ1) is 20.9. The quantitative estimate of drug-likeness (QED) is 0.432. The fourth-order valence-electron chi connectivity index (χ4n) is 3.06. The average Bonchev–Trinajstić information content (AvgIpc) is 3.42. The number of aryl methyl sites for hydroxylation is 1. The van der Waals surface area contributed by atoms with Crippen molar-refractivity contribution in [3.63, 3.8) is 0 Å². The largest absolute Gasteiger partial charge is 0.496 e. The normalized spacial score (nSPS) is 11.5. The Labute approximate surface area is 176 Å². The molecule has 2 heterocycles. The standard InChI is InChI=1S/C21H28N6OS/c1-4-20-25-24-16-27(20)12-11-22-21(23-14-18-9-7-13-29-18)26(2)15-17-8-5-6-10-19(17)28-3/h5-10,13,16H,4,11-12,14-15H2,1-3H3,(H,22,23). The van der Waals surface area contributed by atoms with Gasteiger partial charge in [-0.3, -0.25) is 0 Å². The second-order valence-corrected chi connectivity index (χ2v) is 7.64. The number of guanidine groups is 1. The highest BCUT2D eigenvalue weighted by atomic mass is 32.1. The second kappa shape index (κ2) is 10.6. The first-order valence-electron chi connectivity index (χ1n) is 9.71. The SMILES string of the molecule is CCc1nncn1CCNC(=NCc1cccs1)N(C)Cc1ccccc1OC. The first-order valence-corrected chi connectivity index (χ1v) is 10.6. The summed E-state index contributed by atoms with van der Waals surface area (Å²) < 4.78 is 7.57. The van der Waals surface area contributed by atoms with Gasteiger partial charge in [0.05, 0.1) is 13.7 Å². The smallest absolute Gasteiger partial charge is 0.194 e. The summed E-state index contributed by atoms with van der Waals surface area (Å²) >= 11 is 1.72. The van der Waals surface area contributed by atoms with Crippen molar-refractivity contribution < 1.29 is 4.74 Å². The molecule has 0 aliphatic heterocycles. The third-order valence-electron chi connectivity index (χ3n) is 4.57. The van der Waals surface area contributed by atoms with E-state index in [1.54, 1.807) is 24.8 Å². The van der Waals surface area contributed by atoms with Gasteiger partial charge < -0.3 is 19.5 Å². The molecule has 1 N–H and O–H groups in total. The van der Waals surface area contributed by atoms with E-state index in [2.05, 4.69) is 55.5 Å². The summed E-state index contributed by atoms with van der Waals surface area (Å²) in [7, 11) is 3.75. The summed E-state index contributed by atoms with van der Waals surface area (Å²) in [6.45, 7) is 4.97. The Morgan fingerprint density at radius 3 is 2.90 bits per heavy atom. The molecule has 7 nitrogen and oxygen atoms in total. The van der Waals surface area contributed by atoms with E-state index >= 15 is 0 Å². The summed E-state index contributed by atoms with van der Waals surface area (Å²) in [4.78, 5) is 8.20. The average molecular weight is 413 g/mol. The highest BCUT2D eigenvalue weighted by molar-refractivity contribution is 7.09. The van der Waals surface area contributed by atoms with Gasteiger partial charge in [-0.2, -0.15) is 0 Å². The van der Waals surface area contributed by atoms with Crippen LogP contribution in [-0.2, 0) is 26.1 Å². The molecule has 3 aromatic rings. The number of nitrogens with one attached hydrogen (secondary N) is 1. The van der Waals surface area contributed by atoms with Gasteiger partial charge in [-0.15, -0.1) is 21.5 Å². The van der Waals surface area contributed by atoms with Crippen LogP contribution in [0.4, 0.5) is 0 Å². The van der Waals surface area contributed by atoms with E-state index in [0.29, 0.717) is 13.1 Å². The number of nitrogens with zero attached hydrogens (tertiary/aromatic N) is 5. The number of aromatic nitrogens is 3. The molecule has 0 fully saturated rings. The van der Waals surface area contributed by atoms with E-state index in [1.807, 2.05) is 25.2 Å². The van der Waals surface area contributed by atoms with Crippen LogP contribution in [0.5, 0.6) is 5.75 Å². The number of para-hydroxylation sites is 1. The minimum atomic E-state index is 0.656. The van der Waals surface area contributed by atoms with Gasteiger partial charge >= 0.3 is 0 Å². The molecular formula is C21H28N6OS. The predicted octanol–water partition coefficient (Wildman–Crippen LogP) is 3.19. The fourth-order valence-corrected chi connectivity index (χ4v) is 3.69. The van der Waals surface area contributed by atoms with Crippen LogP contribution in [0.2, 0.25) is 0 Å². The molecule has 0 atom stereocenters. The molecule has 1 aromatic carbocycles. The maximum Gasteiger partial charge on any atom is 0.194 e. The molecule has 0 bridgehead atoms. The zero-order valence-corrected chi connectivity index (χ0v) is 18.0. The molecule has 2 aromatic heterocycles. The van der Waals surface area contributed by atoms with Crippen molar-refractivity contribution in [3.05, 3.63) is 64.4 Å². The van der Waals surface area contributed by atoms with Crippen molar-refractivity contribution >= 4 is 17.3 Å². The summed E-state index contributed by atoms with van der Waals surface area (Å²) in [5.41, 5.74) is 1.12. The van der Waals surface area contributed by atoms with E-state index in [4.69, 9.17) is 9.73 Å². The van der Waals surface area contributed by atoms with Gasteiger partial charge in [-0.05, 0) is 17.5 Å². The van der Waals surface area contributed by atoms with Gasteiger partial charge in [-0.1, -0.05) is 31.2 Å². The van der Waals surface area contributed by atoms with Crippen molar-refractivity contribution in [3.8, 4) is 5.75 Å². The van der Waals surface area contributed by atoms with Gasteiger partial charge in [0, 0.05) is 43.5 Å². The lowest BCUT2D eigenvalue weighted by molar-refractivity contribution is 0.395. The first-order chi connectivity index (χ1) is 14.2. The van der Waals surface area contributed by atoms with Crippen LogP contribution in [0, 0.1) is 0 Å². The maximum absolute atomic E-state index is 5.50. The summed E-state index contributed by atoms with van der Waals surface area (Å²) in [6.07, 6.45) is 2.65. The molecule has 0 unspecified atom stereocenters. The van der Waals surface area contributed by atoms with Gasteiger partial charge in [0.2, 0.25) is 0 Å². The topological polar surface area (TPSA) is 67.6 Å². The maximum atomic E-state index is 5.50. The van der Waals surface area contributed by atoms with E-state index in [9.17, 15) is 0 Å². The van der Waals surface area contributed by atoms with Crippen LogP contribution in [-0.4, -0.2) is 46.3 Å². The van der Waals surface area contributed by atoms with Crippen molar-refractivity contribution in [2.45, 2.75) is 33.0 Å². The summed E-state index contributed by atoms with van der Waals surface area (Å²) in [5, 5.41) is 13.7. The fraction of sp³-hybridized carbons (Fsp3) is 0.381. The van der Waals surface area contributed by atoms with Crippen LogP contribution < -0.4 is 10.1 Å². The minimum absolute atomic E-state index is 0.656. The number of rotatable bonds is 9. The zero-order chi connectivity index (χ0) is 20.5. The molecule has 0 saturated carbocycles. The van der Waals surface area contributed by atoms with Crippen LogP contribution in [0.1, 0.15) is 23.2 Å². The molecule has 29 heavy (non-hydrogen) atoms. The van der Waals surface area contributed by atoms with Crippen molar-refractivity contribution in [2.75, 3.05) is 20.7 Å².